The molecule has 1 atom stereocenters. The summed E-state index contributed by atoms with van der Waals surface area (Å²) in [4.78, 5) is 24.4. The number of carbonyl (C=O) groups is 2. The molecule has 1 amide bonds. The molecular formula is C17H16Cl2N2O6S. The molecule has 0 aromatic heterocycles. The molecule has 0 saturated heterocycles. The van der Waals surface area contributed by atoms with Gasteiger partial charge in [-0.25, -0.2) is 18.4 Å². The van der Waals surface area contributed by atoms with Crippen LogP contribution >= 0.6 is 23.2 Å². The van der Waals surface area contributed by atoms with Crippen molar-refractivity contribution in [3.63, 3.8) is 0 Å². The van der Waals surface area contributed by atoms with E-state index in [1.54, 1.807) is 12.1 Å². The molecule has 2 aromatic rings. The van der Waals surface area contributed by atoms with Crippen molar-refractivity contribution in [1.82, 2.24) is 0 Å². The lowest BCUT2D eigenvalue weighted by molar-refractivity contribution is -0.123. The molecule has 8 nitrogen and oxygen atoms in total. The van der Waals surface area contributed by atoms with Gasteiger partial charge in [0.25, 0.3) is 5.91 Å². The number of nitrogens with two attached hydrogens (primary N) is 1. The zero-order valence-electron chi connectivity index (χ0n) is 14.7. The minimum atomic E-state index is -4.05. The highest BCUT2D eigenvalue weighted by atomic mass is 35.5. The number of halogens is 2. The maximum Gasteiger partial charge on any atom is 0.342 e. The van der Waals surface area contributed by atoms with Gasteiger partial charge in [-0.05, 0) is 37.3 Å². The molecule has 2 aromatic carbocycles. The van der Waals surface area contributed by atoms with Gasteiger partial charge in [0.2, 0.25) is 10.0 Å². The quantitative estimate of drug-likeness (QED) is 0.657. The molecule has 0 unspecified atom stereocenters. The van der Waals surface area contributed by atoms with Gasteiger partial charge in [0.05, 0.1) is 27.7 Å². The van der Waals surface area contributed by atoms with E-state index < -0.39 is 28.0 Å². The smallest absolute Gasteiger partial charge is 0.342 e. The van der Waals surface area contributed by atoms with Crippen LogP contribution in [0.4, 0.5) is 5.69 Å². The minimum Gasteiger partial charge on any atom is -0.496 e. The molecule has 0 radical (unpaired) electrons. The Labute approximate surface area is 171 Å². The highest BCUT2D eigenvalue weighted by molar-refractivity contribution is 7.89. The minimum absolute atomic E-state index is 0.0582. The molecule has 28 heavy (non-hydrogen) atoms. The van der Waals surface area contributed by atoms with Gasteiger partial charge in [-0.15, -0.1) is 0 Å². The van der Waals surface area contributed by atoms with Crippen LogP contribution < -0.4 is 15.2 Å². The highest BCUT2D eigenvalue weighted by Crippen LogP contribution is 2.30. The Morgan fingerprint density at radius 1 is 1.18 bits per heavy atom. The summed E-state index contributed by atoms with van der Waals surface area (Å²) in [5.74, 6) is -1.58. The standard InChI is InChI=1S/C17H16Cl2N2O6S/c1-9(16(22)21-13-5-3-4-12(18)15(13)19)27-17(23)11-8-10(28(20,24)25)6-7-14(11)26-2/h3-9H,1-2H3,(H,21,22)(H2,20,24,25)/t9-/m1/s1. The lowest BCUT2D eigenvalue weighted by Crippen LogP contribution is -2.30. The summed E-state index contributed by atoms with van der Waals surface area (Å²) >= 11 is 11.9. The number of methoxy groups -OCH3 is 1. The van der Waals surface area contributed by atoms with Gasteiger partial charge in [-0.2, -0.15) is 0 Å². The summed E-state index contributed by atoms with van der Waals surface area (Å²) in [7, 11) is -2.76. The topological polar surface area (TPSA) is 125 Å². The van der Waals surface area contributed by atoms with E-state index in [0.29, 0.717) is 0 Å². The molecule has 2 rings (SSSR count). The zero-order valence-corrected chi connectivity index (χ0v) is 17.1. The van der Waals surface area contributed by atoms with Gasteiger partial charge in [0, 0.05) is 0 Å². The van der Waals surface area contributed by atoms with Crippen molar-refractivity contribution in [1.29, 1.82) is 0 Å². The maximum atomic E-state index is 12.4. The largest absolute Gasteiger partial charge is 0.496 e. The summed E-state index contributed by atoms with van der Waals surface area (Å²) in [5.41, 5.74) is 0.0466. The summed E-state index contributed by atoms with van der Waals surface area (Å²) < 4.78 is 33.1. The zero-order chi connectivity index (χ0) is 21.1. The van der Waals surface area contributed by atoms with Crippen LogP contribution in [0.25, 0.3) is 0 Å². The van der Waals surface area contributed by atoms with Crippen LogP contribution in [0.3, 0.4) is 0 Å². The van der Waals surface area contributed by atoms with Crippen molar-refractivity contribution >= 4 is 50.8 Å². The lowest BCUT2D eigenvalue weighted by Gasteiger charge is -2.16. The van der Waals surface area contributed by atoms with Gasteiger partial charge < -0.3 is 14.8 Å². The van der Waals surface area contributed by atoms with Crippen molar-refractivity contribution in [2.24, 2.45) is 5.14 Å². The van der Waals surface area contributed by atoms with Crippen LogP contribution in [0.2, 0.25) is 10.0 Å². The SMILES string of the molecule is COc1ccc(S(N)(=O)=O)cc1C(=O)O[C@H](C)C(=O)Nc1cccc(Cl)c1Cl. The number of anilines is 1. The fourth-order valence-corrected chi connectivity index (χ4v) is 3.02. The molecule has 0 spiro atoms. The Balaban J connectivity index is 2.19. The van der Waals surface area contributed by atoms with Crippen LogP contribution in [0.1, 0.15) is 17.3 Å². The van der Waals surface area contributed by atoms with E-state index in [-0.39, 0.29) is 31.9 Å². The second-order valence-corrected chi connectivity index (χ2v) is 7.89. The van der Waals surface area contributed by atoms with E-state index in [1.807, 2.05) is 0 Å². The number of benzene rings is 2. The average molecular weight is 447 g/mol. The van der Waals surface area contributed by atoms with Crippen LogP contribution in [0.15, 0.2) is 41.3 Å². The Morgan fingerprint density at radius 2 is 1.86 bits per heavy atom. The number of primary sulfonamides is 1. The van der Waals surface area contributed by atoms with Gasteiger partial charge in [0.15, 0.2) is 6.10 Å². The average Bonchev–Trinajstić information content (AvgIpc) is 2.63. The monoisotopic (exact) mass is 446 g/mol. The van der Waals surface area contributed by atoms with E-state index >= 15 is 0 Å². The molecule has 0 saturated carbocycles. The van der Waals surface area contributed by atoms with Crippen molar-refractivity contribution in [2.75, 3.05) is 12.4 Å². The predicted octanol–water partition coefficient (Wildman–Crippen LogP) is 2.83. The van der Waals surface area contributed by atoms with E-state index in [9.17, 15) is 18.0 Å². The molecule has 0 bridgehead atoms. The predicted molar refractivity (Wildman–Crippen MR) is 104 cm³/mol. The summed E-state index contributed by atoms with van der Waals surface area (Å²) in [6.45, 7) is 1.34. The third-order valence-corrected chi connectivity index (χ3v) is 5.31. The van der Waals surface area contributed by atoms with E-state index in [2.05, 4.69) is 5.32 Å². The maximum absolute atomic E-state index is 12.4. The van der Waals surface area contributed by atoms with Crippen LogP contribution in [-0.4, -0.2) is 33.5 Å². The number of esters is 1. The molecule has 0 aliphatic carbocycles. The number of sulfonamides is 1. The second kappa shape index (κ2) is 8.78. The van der Waals surface area contributed by atoms with Gasteiger partial charge in [-0.1, -0.05) is 29.3 Å². The Morgan fingerprint density at radius 3 is 2.46 bits per heavy atom. The summed E-state index contributed by atoms with van der Waals surface area (Å²) in [6, 6.07) is 8.11. The number of rotatable bonds is 6. The Kier molecular flexibility index (Phi) is 6.89. The number of amides is 1. The molecule has 0 aliphatic heterocycles. The third kappa shape index (κ3) is 5.14. The number of hydrogen-bond acceptors (Lipinski definition) is 6. The number of carbonyl (C=O) groups excluding carboxylic acids is 2. The molecular weight excluding hydrogens is 431 g/mol. The van der Waals surface area contributed by atoms with Crippen LogP contribution in [-0.2, 0) is 19.6 Å². The van der Waals surface area contributed by atoms with Gasteiger partial charge in [-0.3, -0.25) is 4.79 Å². The lowest BCUT2D eigenvalue weighted by atomic mass is 10.2. The molecule has 3 N–H and O–H groups in total. The van der Waals surface area contributed by atoms with E-state index in [1.165, 1.54) is 32.2 Å². The first-order valence-corrected chi connectivity index (χ1v) is 10.0. The second-order valence-electron chi connectivity index (χ2n) is 5.55. The molecule has 0 fully saturated rings. The normalized spacial score (nSPS) is 12.2. The summed E-state index contributed by atoms with van der Waals surface area (Å²) in [6.07, 6.45) is -1.23. The fraction of sp³-hybridized carbons (Fsp3) is 0.176. The van der Waals surface area contributed by atoms with E-state index in [4.69, 9.17) is 37.8 Å². The number of nitrogens with one attached hydrogen (secondary N) is 1. The summed E-state index contributed by atoms with van der Waals surface area (Å²) in [5, 5.41) is 7.94. The third-order valence-electron chi connectivity index (χ3n) is 3.58. The van der Waals surface area contributed by atoms with E-state index in [0.717, 1.165) is 6.07 Å². The van der Waals surface area contributed by atoms with Gasteiger partial charge >= 0.3 is 5.97 Å². The van der Waals surface area contributed by atoms with Crippen molar-refractivity contribution in [3.05, 3.63) is 52.0 Å². The van der Waals surface area contributed by atoms with Crippen molar-refractivity contribution in [3.8, 4) is 5.75 Å². The number of hydrogen-bond donors (Lipinski definition) is 2. The highest BCUT2D eigenvalue weighted by Gasteiger charge is 2.24. The van der Waals surface area contributed by atoms with Crippen LogP contribution in [0, 0.1) is 0 Å². The molecule has 0 aliphatic rings. The first-order chi connectivity index (χ1) is 13.0. The molecule has 150 valence electrons. The van der Waals surface area contributed by atoms with Crippen molar-refractivity contribution < 1.29 is 27.5 Å². The number of ether oxygens (including phenoxy) is 2. The first kappa shape index (κ1) is 22.0. The first-order valence-electron chi connectivity index (χ1n) is 7.71. The Bertz CT molecular complexity index is 1030. The van der Waals surface area contributed by atoms with Crippen LogP contribution in [0.5, 0.6) is 5.75 Å². The van der Waals surface area contributed by atoms with Gasteiger partial charge in [0.1, 0.15) is 11.3 Å². The molecule has 11 heteroatoms. The van der Waals surface area contributed by atoms with Crippen molar-refractivity contribution in [2.45, 2.75) is 17.9 Å². The molecule has 0 heterocycles. The Hall–Kier alpha value is -2.33. The fourth-order valence-electron chi connectivity index (χ4n) is 2.14.